The maximum absolute atomic E-state index is 10.4. The number of rotatable bonds is 2. The zero-order valence-corrected chi connectivity index (χ0v) is 8.36. The van der Waals surface area contributed by atoms with Gasteiger partial charge in [-0.1, -0.05) is 11.6 Å². The van der Waals surface area contributed by atoms with Gasteiger partial charge in [-0.15, -0.1) is 0 Å². The molecule has 0 aliphatic heterocycles. The highest BCUT2D eigenvalue weighted by molar-refractivity contribution is 6.33. The van der Waals surface area contributed by atoms with Gasteiger partial charge in [0.05, 0.1) is 5.02 Å². The van der Waals surface area contributed by atoms with Gasteiger partial charge in [-0.25, -0.2) is 0 Å². The monoisotopic (exact) mass is 222 g/mol. The van der Waals surface area contributed by atoms with Gasteiger partial charge in [0.15, 0.2) is 12.0 Å². The summed E-state index contributed by atoms with van der Waals surface area (Å²) in [5, 5.41) is 9.54. The fraction of sp³-hybridized carbons (Fsp3) is 0. The molecule has 76 valence electrons. The van der Waals surface area contributed by atoms with Crippen LogP contribution in [0.15, 0.2) is 34.7 Å². The zero-order chi connectivity index (χ0) is 10.8. The summed E-state index contributed by atoms with van der Waals surface area (Å²) in [5.41, 5.74) is 0.641. The average Bonchev–Trinajstić information content (AvgIpc) is 2.66. The van der Waals surface area contributed by atoms with Crippen molar-refractivity contribution >= 4 is 17.9 Å². The summed E-state index contributed by atoms with van der Waals surface area (Å²) in [6.07, 6.45) is 0.623. The third-order valence-corrected chi connectivity index (χ3v) is 2.27. The van der Waals surface area contributed by atoms with Crippen molar-refractivity contribution in [2.24, 2.45) is 0 Å². The van der Waals surface area contributed by atoms with Gasteiger partial charge in [-0.05, 0) is 30.3 Å². The molecule has 0 atom stereocenters. The lowest BCUT2D eigenvalue weighted by Gasteiger charge is -2.00. The largest absolute Gasteiger partial charge is 0.508 e. The van der Waals surface area contributed by atoms with E-state index >= 15 is 0 Å². The number of phenols is 1. The lowest BCUT2D eigenvalue weighted by atomic mass is 10.1. The normalized spacial score (nSPS) is 10.2. The number of hydrogen-bond donors (Lipinski definition) is 1. The van der Waals surface area contributed by atoms with Crippen LogP contribution in [0, 0.1) is 0 Å². The molecule has 1 N–H and O–H groups in total. The fourth-order valence-corrected chi connectivity index (χ4v) is 1.53. The molecule has 0 aliphatic rings. The minimum absolute atomic E-state index is 0.0888. The Balaban J connectivity index is 2.49. The van der Waals surface area contributed by atoms with Crippen molar-refractivity contribution in [1.29, 1.82) is 0 Å². The molecule has 1 aromatic carbocycles. The third kappa shape index (κ3) is 1.87. The molecule has 0 fully saturated rings. The van der Waals surface area contributed by atoms with E-state index in [4.69, 9.17) is 21.1 Å². The third-order valence-electron chi connectivity index (χ3n) is 1.96. The van der Waals surface area contributed by atoms with Crippen LogP contribution in [-0.4, -0.2) is 11.4 Å². The molecule has 0 saturated carbocycles. The molecule has 15 heavy (non-hydrogen) atoms. The zero-order valence-electron chi connectivity index (χ0n) is 7.61. The number of halogens is 1. The first-order chi connectivity index (χ1) is 7.20. The van der Waals surface area contributed by atoms with E-state index in [2.05, 4.69) is 0 Å². The van der Waals surface area contributed by atoms with Crippen molar-refractivity contribution in [3.05, 3.63) is 41.1 Å². The van der Waals surface area contributed by atoms with Crippen LogP contribution in [0.2, 0.25) is 5.02 Å². The lowest BCUT2D eigenvalue weighted by Crippen LogP contribution is -1.76. The lowest BCUT2D eigenvalue weighted by molar-refractivity contribution is 0.110. The Bertz CT molecular complexity index is 502. The van der Waals surface area contributed by atoms with Gasteiger partial charge >= 0.3 is 0 Å². The van der Waals surface area contributed by atoms with Crippen molar-refractivity contribution in [3.63, 3.8) is 0 Å². The van der Waals surface area contributed by atoms with Gasteiger partial charge in [0.2, 0.25) is 0 Å². The van der Waals surface area contributed by atoms with Gasteiger partial charge in [-0.2, -0.15) is 0 Å². The van der Waals surface area contributed by atoms with Gasteiger partial charge in [0, 0.05) is 5.56 Å². The second kappa shape index (κ2) is 3.79. The van der Waals surface area contributed by atoms with Crippen molar-refractivity contribution in [3.8, 4) is 17.1 Å². The van der Waals surface area contributed by atoms with Crippen LogP contribution in [0.4, 0.5) is 0 Å². The molecule has 0 radical (unpaired) electrons. The van der Waals surface area contributed by atoms with Gasteiger partial charge in [-0.3, -0.25) is 4.79 Å². The topological polar surface area (TPSA) is 50.4 Å². The number of phenolic OH excluding ortho intramolecular Hbond substituents is 1. The molecule has 0 aliphatic carbocycles. The first-order valence-electron chi connectivity index (χ1n) is 4.24. The molecule has 2 aromatic rings. The number of carbonyl (C=O) groups is 1. The molecule has 1 heterocycles. The predicted octanol–water partition coefficient (Wildman–Crippen LogP) is 3.12. The molecule has 3 nitrogen and oxygen atoms in total. The Morgan fingerprint density at radius 2 is 2.07 bits per heavy atom. The Hall–Kier alpha value is -1.74. The fourth-order valence-electron chi connectivity index (χ4n) is 1.26. The van der Waals surface area contributed by atoms with E-state index in [0.717, 1.165) is 0 Å². The number of carbonyl (C=O) groups excluding carboxylic acids is 1. The van der Waals surface area contributed by atoms with Crippen molar-refractivity contribution in [2.75, 3.05) is 0 Å². The van der Waals surface area contributed by atoms with Gasteiger partial charge in [0.25, 0.3) is 0 Å². The molecule has 0 bridgehead atoms. The number of aldehydes is 1. The van der Waals surface area contributed by atoms with E-state index in [1.165, 1.54) is 12.1 Å². The number of benzene rings is 1. The highest BCUT2D eigenvalue weighted by Crippen LogP contribution is 2.31. The molecule has 0 spiro atoms. The Morgan fingerprint density at radius 1 is 1.27 bits per heavy atom. The van der Waals surface area contributed by atoms with Crippen LogP contribution in [0.3, 0.4) is 0 Å². The maximum atomic E-state index is 10.4. The van der Waals surface area contributed by atoms with E-state index < -0.39 is 0 Å². The average molecular weight is 223 g/mol. The minimum Gasteiger partial charge on any atom is -0.508 e. The summed E-state index contributed by atoms with van der Waals surface area (Å²) < 4.78 is 5.21. The van der Waals surface area contributed by atoms with E-state index in [0.29, 0.717) is 22.6 Å². The number of furan rings is 1. The first kappa shape index (κ1) is 9.80. The van der Waals surface area contributed by atoms with Crippen LogP contribution in [0.25, 0.3) is 11.3 Å². The van der Waals surface area contributed by atoms with Crippen LogP contribution >= 0.6 is 11.6 Å². The Morgan fingerprint density at radius 3 is 2.67 bits per heavy atom. The summed E-state index contributed by atoms with van der Waals surface area (Å²) in [6.45, 7) is 0. The molecule has 0 amide bonds. The summed E-state index contributed by atoms with van der Waals surface area (Å²) in [7, 11) is 0. The minimum atomic E-state index is 0.0888. The summed E-state index contributed by atoms with van der Waals surface area (Å²) >= 11 is 5.91. The summed E-state index contributed by atoms with van der Waals surface area (Å²) in [4.78, 5) is 10.4. The smallest absolute Gasteiger partial charge is 0.185 e. The van der Waals surface area contributed by atoms with E-state index in [-0.39, 0.29) is 11.5 Å². The van der Waals surface area contributed by atoms with Crippen molar-refractivity contribution in [1.82, 2.24) is 0 Å². The number of hydrogen-bond acceptors (Lipinski definition) is 3. The highest BCUT2D eigenvalue weighted by atomic mass is 35.5. The molecule has 0 saturated heterocycles. The Kier molecular flexibility index (Phi) is 2.47. The predicted molar refractivity (Wildman–Crippen MR) is 56.2 cm³/mol. The second-order valence-corrected chi connectivity index (χ2v) is 3.39. The molecule has 1 aromatic heterocycles. The van der Waals surface area contributed by atoms with Crippen molar-refractivity contribution < 1.29 is 14.3 Å². The number of aromatic hydroxyl groups is 1. The standard InChI is InChI=1S/C11H7ClO3/c12-10-5-7(14)1-3-9(10)11-4-2-8(6-13)15-11/h1-6,14H. The quantitative estimate of drug-likeness (QED) is 0.795. The highest BCUT2D eigenvalue weighted by Gasteiger charge is 2.08. The second-order valence-electron chi connectivity index (χ2n) is 2.98. The van der Waals surface area contributed by atoms with Gasteiger partial charge in [0.1, 0.15) is 11.5 Å². The summed E-state index contributed by atoms with van der Waals surface area (Å²) in [5.74, 6) is 0.835. The maximum Gasteiger partial charge on any atom is 0.185 e. The first-order valence-corrected chi connectivity index (χ1v) is 4.62. The van der Waals surface area contributed by atoms with E-state index in [1.54, 1.807) is 18.2 Å². The van der Waals surface area contributed by atoms with Crippen LogP contribution < -0.4 is 0 Å². The summed E-state index contributed by atoms with van der Waals surface area (Å²) in [6, 6.07) is 7.77. The van der Waals surface area contributed by atoms with Crippen LogP contribution in [-0.2, 0) is 0 Å². The molecular formula is C11H7ClO3. The van der Waals surface area contributed by atoms with Crippen molar-refractivity contribution in [2.45, 2.75) is 0 Å². The van der Waals surface area contributed by atoms with Crippen LogP contribution in [0.5, 0.6) is 5.75 Å². The van der Waals surface area contributed by atoms with E-state index in [9.17, 15) is 4.79 Å². The molecular weight excluding hydrogens is 216 g/mol. The molecule has 4 heteroatoms. The Labute approximate surface area is 90.9 Å². The molecule has 2 rings (SSSR count). The van der Waals surface area contributed by atoms with Gasteiger partial charge < -0.3 is 9.52 Å². The molecule has 0 unspecified atom stereocenters. The SMILES string of the molecule is O=Cc1ccc(-c2ccc(O)cc2Cl)o1. The van der Waals surface area contributed by atoms with E-state index in [1.807, 2.05) is 0 Å². The van der Waals surface area contributed by atoms with Crippen LogP contribution in [0.1, 0.15) is 10.6 Å².